The second kappa shape index (κ2) is 7.10. The number of anilines is 1. The maximum Gasteiger partial charge on any atom is 0.258 e. The van der Waals surface area contributed by atoms with Gasteiger partial charge < -0.3 is 0 Å². The average molecular weight is 369 g/mol. The van der Waals surface area contributed by atoms with E-state index in [4.69, 9.17) is 0 Å². The Morgan fingerprint density at radius 1 is 1.20 bits per heavy atom. The number of nitrogens with zero attached hydrogens (tertiary/aromatic N) is 1. The Bertz CT molecular complexity index is 893. The number of benzene rings is 1. The van der Waals surface area contributed by atoms with E-state index in [2.05, 4.69) is 41.5 Å². The number of rotatable bonds is 4. The predicted octanol–water partition coefficient (Wildman–Crippen LogP) is 5.23. The topological polar surface area (TPSA) is 42.0 Å². The van der Waals surface area contributed by atoms with Crippen LogP contribution in [0.15, 0.2) is 35.8 Å². The van der Waals surface area contributed by atoms with Gasteiger partial charge in [-0.3, -0.25) is 10.1 Å². The molecule has 1 N–H and O–H groups in total. The summed E-state index contributed by atoms with van der Waals surface area (Å²) in [4.78, 5) is 19.5. The molecule has 0 fully saturated rings. The van der Waals surface area contributed by atoms with Crippen LogP contribution in [0.1, 0.15) is 49.6 Å². The Kier molecular flexibility index (Phi) is 4.68. The molecule has 25 heavy (non-hydrogen) atoms. The van der Waals surface area contributed by atoms with Gasteiger partial charge in [0, 0.05) is 27.8 Å². The van der Waals surface area contributed by atoms with Crippen LogP contribution in [-0.2, 0) is 19.3 Å². The Labute approximate surface area is 155 Å². The molecule has 128 valence electrons. The molecule has 0 spiro atoms. The molecule has 0 saturated carbocycles. The zero-order chi connectivity index (χ0) is 17.2. The fraction of sp³-hybridized carbons (Fsp3) is 0.300. The standard InChI is InChI=1S/C20H20N2OS2/c1-13-6-8-14(9-7-13)10-15-11-21-20(25-15)22-19(23)17-12-24-18-5-3-2-4-16(17)18/h6-9,11-12H,2-5,10H2,1H3,(H,21,22,23). The van der Waals surface area contributed by atoms with Crippen LogP contribution in [0, 0.1) is 6.92 Å². The Hall–Kier alpha value is -1.98. The van der Waals surface area contributed by atoms with Gasteiger partial charge in [0.05, 0.1) is 5.56 Å². The highest BCUT2D eigenvalue weighted by Crippen LogP contribution is 2.31. The molecule has 1 aliphatic carbocycles. The zero-order valence-corrected chi connectivity index (χ0v) is 15.8. The molecule has 0 unspecified atom stereocenters. The monoisotopic (exact) mass is 368 g/mol. The summed E-state index contributed by atoms with van der Waals surface area (Å²) in [5.74, 6) is -0.0179. The molecular formula is C20H20N2OS2. The van der Waals surface area contributed by atoms with Crippen molar-refractivity contribution < 1.29 is 4.79 Å². The van der Waals surface area contributed by atoms with Crippen molar-refractivity contribution in [1.82, 2.24) is 4.98 Å². The van der Waals surface area contributed by atoms with Crippen LogP contribution in [0.3, 0.4) is 0 Å². The third-order valence-electron chi connectivity index (χ3n) is 4.58. The molecule has 2 heterocycles. The third-order valence-corrected chi connectivity index (χ3v) is 6.58. The number of hydrogen-bond acceptors (Lipinski definition) is 4. The first kappa shape index (κ1) is 16.5. The first-order chi connectivity index (χ1) is 12.2. The highest BCUT2D eigenvalue weighted by molar-refractivity contribution is 7.15. The van der Waals surface area contributed by atoms with E-state index in [-0.39, 0.29) is 5.91 Å². The summed E-state index contributed by atoms with van der Waals surface area (Å²) in [5, 5.41) is 5.67. The van der Waals surface area contributed by atoms with Crippen molar-refractivity contribution >= 4 is 33.7 Å². The minimum absolute atomic E-state index is 0.0179. The maximum absolute atomic E-state index is 12.6. The average Bonchev–Trinajstić information content (AvgIpc) is 3.23. The number of nitrogens with one attached hydrogen (secondary N) is 1. The second-order valence-corrected chi connectivity index (χ2v) is 8.59. The largest absolute Gasteiger partial charge is 0.298 e. The van der Waals surface area contributed by atoms with E-state index in [1.807, 2.05) is 11.6 Å². The quantitative estimate of drug-likeness (QED) is 0.685. The van der Waals surface area contributed by atoms with Crippen LogP contribution in [0.25, 0.3) is 0 Å². The van der Waals surface area contributed by atoms with Gasteiger partial charge in [0.15, 0.2) is 5.13 Å². The molecule has 3 nitrogen and oxygen atoms in total. The van der Waals surface area contributed by atoms with E-state index < -0.39 is 0 Å². The van der Waals surface area contributed by atoms with Crippen molar-refractivity contribution in [3.05, 3.63) is 67.9 Å². The van der Waals surface area contributed by atoms with Crippen LogP contribution >= 0.6 is 22.7 Å². The van der Waals surface area contributed by atoms with Crippen molar-refractivity contribution in [2.75, 3.05) is 5.32 Å². The molecule has 5 heteroatoms. The van der Waals surface area contributed by atoms with E-state index in [0.29, 0.717) is 5.13 Å². The van der Waals surface area contributed by atoms with E-state index in [1.165, 1.54) is 34.4 Å². The van der Waals surface area contributed by atoms with E-state index in [0.717, 1.165) is 29.7 Å². The summed E-state index contributed by atoms with van der Waals surface area (Å²) < 4.78 is 0. The SMILES string of the molecule is Cc1ccc(Cc2cnc(NC(=O)c3csc4c3CCCC4)s2)cc1. The zero-order valence-electron chi connectivity index (χ0n) is 14.2. The molecule has 1 aromatic carbocycles. The van der Waals surface area contributed by atoms with Crippen LogP contribution in [0.2, 0.25) is 0 Å². The maximum atomic E-state index is 12.6. The number of aromatic nitrogens is 1. The van der Waals surface area contributed by atoms with Crippen LogP contribution in [0.5, 0.6) is 0 Å². The van der Waals surface area contributed by atoms with Gasteiger partial charge in [-0.25, -0.2) is 4.98 Å². The minimum Gasteiger partial charge on any atom is -0.298 e. The fourth-order valence-electron chi connectivity index (χ4n) is 3.20. The number of thiazole rings is 1. The van der Waals surface area contributed by atoms with Crippen LogP contribution in [-0.4, -0.2) is 10.9 Å². The summed E-state index contributed by atoms with van der Waals surface area (Å²) in [5.41, 5.74) is 4.62. The molecule has 0 aliphatic heterocycles. The first-order valence-electron chi connectivity index (χ1n) is 8.60. The summed E-state index contributed by atoms with van der Waals surface area (Å²) >= 11 is 3.28. The molecule has 1 amide bonds. The fourth-order valence-corrected chi connectivity index (χ4v) is 5.17. The van der Waals surface area contributed by atoms with Gasteiger partial charge in [-0.1, -0.05) is 29.8 Å². The van der Waals surface area contributed by atoms with Gasteiger partial charge in [0.2, 0.25) is 0 Å². The van der Waals surface area contributed by atoms with Crippen molar-refractivity contribution in [1.29, 1.82) is 0 Å². The second-order valence-electron chi connectivity index (χ2n) is 6.51. The molecule has 0 radical (unpaired) electrons. The van der Waals surface area contributed by atoms with Crippen molar-refractivity contribution in [3.63, 3.8) is 0 Å². The molecule has 2 aromatic heterocycles. The highest BCUT2D eigenvalue weighted by Gasteiger charge is 2.20. The van der Waals surface area contributed by atoms with E-state index >= 15 is 0 Å². The number of aryl methyl sites for hydroxylation is 2. The van der Waals surface area contributed by atoms with Crippen molar-refractivity contribution in [2.24, 2.45) is 0 Å². The van der Waals surface area contributed by atoms with Gasteiger partial charge in [0.25, 0.3) is 5.91 Å². The molecule has 4 rings (SSSR count). The highest BCUT2D eigenvalue weighted by atomic mass is 32.1. The van der Waals surface area contributed by atoms with Crippen molar-refractivity contribution in [2.45, 2.75) is 39.0 Å². The van der Waals surface area contributed by atoms with Gasteiger partial charge in [0.1, 0.15) is 0 Å². The van der Waals surface area contributed by atoms with E-state index in [1.54, 1.807) is 22.7 Å². The lowest BCUT2D eigenvalue weighted by molar-refractivity contribution is 0.102. The Balaban J connectivity index is 1.45. The molecule has 0 saturated heterocycles. The summed E-state index contributed by atoms with van der Waals surface area (Å²) in [6, 6.07) is 8.54. The first-order valence-corrected chi connectivity index (χ1v) is 10.3. The number of carbonyl (C=O) groups is 1. The van der Waals surface area contributed by atoms with Gasteiger partial charge in [-0.15, -0.1) is 22.7 Å². The summed E-state index contributed by atoms with van der Waals surface area (Å²) in [7, 11) is 0. The smallest absolute Gasteiger partial charge is 0.258 e. The normalized spacial score (nSPS) is 13.5. The lowest BCUT2D eigenvalue weighted by atomic mass is 9.96. The summed E-state index contributed by atoms with van der Waals surface area (Å²) in [6.07, 6.45) is 7.28. The molecule has 0 atom stereocenters. The number of thiophene rings is 1. The number of fused-ring (bicyclic) bond motifs is 1. The lowest BCUT2D eigenvalue weighted by Gasteiger charge is -2.12. The predicted molar refractivity (Wildman–Crippen MR) is 105 cm³/mol. The van der Waals surface area contributed by atoms with Gasteiger partial charge in [-0.2, -0.15) is 0 Å². The van der Waals surface area contributed by atoms with Gasteiger partial charge >= 0.3 is 0 Å². The van der Waals surface area contributed by atoms with Crippen LogP contribution in [0.4, 0.5) is 5.13 Å². The number of carbonyl (C=O) groups excluding carboxylic acids is 1. The molecular weight excluding hydrogens is 348 g/mol. The van der Waals surface area contributed by atoms with Gasteiger partial charge in [-0.05, 0) is 43.7 Å². The molecule has 1 aliphatic rings. The molecule has 3 aromatic rings. The van der Waals surface area contributed by atoms with Crippen LogP contribution < -0.4 is 5.32 Å². The Morgan fingerprint density at radius 2 is 2.00 bits per heavy atom. The minimum atomic E-state index is -0.0179. The lowest BCUT2D eigenvalue weighted by Crippen LogP contribution is -2.14. The summed E-state index contributed by atoms with van der Waals surface area (Å²) in [6.45, 7) is 2.09. The number of hydrogen-bond donors (Lipinski definition) is 1. The Morgan fingerprint density at radius 3 is 2.84 bits per heavy atom. The molecule has 0 bridgehead atoms. The van der Waals surface area contributed by atoms with E-state index in [9.17, 15) is 4.79 Å². The third kappa shape index (κ3) is 3.67. The van der Waals surface area contributed by atoms with Crippen molar-refractivity contribution in [3.8, 4) is 0 Å². The number of amides is 1.